The van der Waals surface area contributed by atoms with Gasteiger partial charge in [-0.3, -0.25) is 10.1 Å². The minimum Gasteiger partial charge on any atom is -0.341 e. The third-order valence-electron chi connectivity index (χ3n) is 4.77. The number of aryl methyl sites for hydroxylation is 2. The van der Waals surface area contributed by atoms with Gasteiger partial charge >= 0.3 is 6.03 Å². The summed E-state index contributed by atoms with van der Waals surface area (Å²) in [6, 6.07) is -0.342. The second kappa shape index (κ2) is 7.96. The van der Waals surface area contributed by atoms with Gasteiger partial charge in [0.15, 0.2) is 5.13 Å². The Hall–Kier alpha value is -1.63. The quantitative estimate of drug-likeness (QED) is 0.852. The molecule has 0 saturated heterocycles. The molecule has 1 aromatic rings. The van der Waals surface area contributed by atoms with Crippen molar-refractivity contribution in [2.45, 2.75) is 65.3 Å². The molecule has 1 fully saturated rings. The van der Waals surface area contributed by atoms with E-state index >= 15 is 0 Å². The Bertz CT molecular complexity index is 570. The first kappa shape index (κ1) is 18.7. The summed E-state index contributed by atoms with van der Waals surface area (Å²) in [5, 5.41) is 6.35. The molecule has 0 atom stereocenters. The normalized spacial score (nSPS) is 16.5. The number of carbonyl (C=O) groups excluding carboxylic acids is 2. The minimum absolute atomic E-state index is 0.0360. The van der Waals surface area contributed by atoms with Crippen molar-refractivity contribution >= 4 is 28.4 Å². The molecule has 1 heterocycles. The van der Waals surface area contributed by atoms with Crippen molar-refractivity contribution in [2.75, 3.05) is 18.4 Å². The number of aromatic nitrogens is 1. The van der Waals surface area contributed by atoms with Crippen molar-refractivity contribution in [3.63, 3.8) is 0 Å². The highest BCUT2D eigenvalue weighted by molar-refractivity contribution is 7.15. The van der Waals surface area contributed by atoms with E-state index in [0.29, 0.717) is 31.1 Å². The van der Waals surface area contributed by atoms with Crippen molar-refractivity contribution in [3.8, 4) is 0 Å². The summed E-state index contributed by atoms with van der Waals surface area (Å²) >= 11 is 1.45. The Morgan fingerprint density at radius 3 is 2.29 bits per heavy atom. The molecule has 6 nitrogen and oxygen atoms in total. The Morgan fingerprint density at radius 2 is 1.79 bits per heavy atom. The highest BCUT2D eigenvalue weighted by atomic mass is 32.1. The summed E-state index contributed by atoms with van der Waals surface area (Å²) in [4.78, 5) is 32.7. The van der Waals surface area contributed by atoms with E-state index in [0.717, 1.165) is 29.8 Å². The SMILES string of the molecule is CCN(CC)C(=O)C1(NC(=O)Nc2nc(C)c(C)s2)CCCCC1. The highest BCUT2D eigenvalue weighted by Gasteiger charge is 2.42. The Kier molecular flexibility index (Phi) is 6.21. The molecule has 1 aliphatic rings. The van der Waals surface area contributed by atoms with Crippen LogP contribution in [-0.4, -0.2) is 40.5 Å². The van der Waals surface area contributed by atoms with Crippen LogP contribution in [0.1, 0.15) is 56.5 Å². The van der Waals surface area contributed by atoms with E-state index in [1.165, 1.54) is 11.3 Å². The number of anilines is 1. The van der Waals surface area contributed by atoms with Gasteiger partial charge in [0.05, 0.1) is 5.69 Å². The fourth-order valence-electron chi connectivity index (χ4n) is 3.23. The van der Waals surface area contributed by atoms with Crippen molar-refractivity contribution in [1.29, 1.82) is 0 Å². The van der Waals surface area contributed by atoms with Gasteiger partial charge in [-0.05, 0) is 40.5 Å². The fraction of sp³-hybridized carbons (Fsp3) is 0.706. The number of nitrogens with one attached hydrogen (secondary N) is 2. The number of likely N-dealkylation sites (N-methyl/N-ethyl adjacent to an activating group) is 1. The summed E-state index contributed by atoms with van der Waals surface area (Å²) in [5.74, 6) is 0.0360. The standard InChI is InChI=1S/C17H28N4O2S/c1-5-21(6-2)14(22)17(10-8-7-9-11-17)20-15(23)19-16-18-12(3)13(4)24-16/h5-11H2,1-4H3,(H2,18,19,20,23). The first-order valence-electron chi connectivity index (χ1n) is 8.74. The Morgan fingerprint density at radius 1 is 1.17 bits per heavy atom. The molecule has 7 heteroatoms. The molecule has 0 bridgehead atoms. The zero-order valence-electron chi connectivity index (χ0n) is 15.1. The van der Waals surface area contributed by atoms with Gasteiger partial charge in [-0.2, -0.15) is 0 Å². The van der Waals surface area contributed by atoms with Gasteiger partial charge in [-0.25, -0.2) is 9.78 Å². The van der Waals surface area contributed by atoms with Crippen LogP contribution < -0.4 is 10.6 Å². The molecule has 134 valence electrons. The van der Waals surface area contributed by atoms with Gasteiger partial charge in [0.2, 0.25) is 5.91 Å². The number of urea groups is 1. The second-order valence-corrected chi connectivity index (χ2v) is 7.56. The zero-order chi connectivity index (χ0) is 17.7. The number of carbonyl (C=O) groups is 2. The average Bonchev–Trinajstić information content (AvgIpc) is 2.86. The van der Waals surface area contributed by atoms with Crippen LogP contribution in [-0.2, 0) is 4.79 Å². The van der Waals surface area contributed by atoms with Gasteiger partial charge in [-0.1, -0.05) is 19.3 Å². The first-order chi connectivity index (χ1) is 11.4. The zero-order valence-corrected chi connectivity index (χ0v) is 15.9. The van der Waals surface area contributed by atoms with Crippen LogP contribution in [0.3, 0.4) is 0 Å². The molecule has 1 saturated carbocycles. The van der Waals surface area contributed by atoms with Gasteiger partial charge in [0, 0.05) is 18.0 Å². The monoisotopic (exact) mass is 352 g/mol. The third kappa shape index (κ3) is 4.06. The van der Waals surface area contributed by atoms with Crippen molar-refractivity contribution in [1.82, 2.24) is 15.2 Å². The molecule has 0 aliphatic heterocycles. The summed E-state index contributed by atoms with van der Waals surface area (Å²) < 4.78 is 0. The van der Waals surface area contributed by atoms with Crippen LogP contribution in [0.2, 0.25) is 0 Å². The van der Waals surface area contributed by atoms with E-state index in [1.54, 1.807) is 0 Å². The lowest BCUT2D eigenvalue weighted by molar-refractivity contribution is -0.139. The van der Waals surface area contributed by atoms with Crippen LogP contribution in [0.4, 0.5) is 9.93 Å². The van der Waals surface area contributed by atoms with Crippen LogP contribution in [0.25, 0.3) is 0 Å². The Balaban J connectivity index is 2.13. The third-order valence-corrected chi connectivity index (χ3v) is 5.76. The molecule has 1 aromatic heterocycles. The van der Waals surface area contributed by atoms with E-state index in [2.05, 4.69) is 15.6 Å². The Labute approximate surface area is 148 Å². The molecule has 2 rings (SSSR count). The maximum atomic E-state index is 13.0. The topological polar surface area (TPSA) is 74.3 Å². The minimum atomic E-state index is -0.782. The average molecular weight is 353 g/mol. The van der Waals surface area contributed by atoms with Crippen LogP contribution in [0, 0.1) is 13.8 Å². The van der Waals surface area contributed by atoms with Crippen molar-refractivity contribution < 1.29 is 9.59 Å². The molecule has 24 heavy (non-hydrogen) atoms. The van der Waals surface area contributed by atoms with E-state index in [1.807, 2.05) is 32.6 Å². The summed E-state index contributed by atoms with van der Waals surface area (Å²) in [5.41, 5.74) is 0.136. The molecule has 0 unspecified atom stereocenters. The second-order valence-electron chi connectivity index (χ2n) is 6.36. The lowest BCUT2D eigenvalue weighted by atomic mass is 9.80. The molecule has 3 amide bonds. The maximum absolute atomic E-state index is 13.0. The van der Waals surface area contributed by atoms with E-state index < -0.39 is 5.54 Å². The predicted molar refractivity (Wildman–Crippen MR) is 97.5 cm³/mol. The summed E-state index contributed by atoms with van der Waals surface area (Å²) in [6.07, 6.45) is 4.43. The molecule has 1 aliphatic carbocycles. The predicted octanol–water partition coefficient (Wildman–Crippen LogP) is 3.45. The van der Waals surface area contributed by atoms with Gasteiger partial charge in [-0.15, -0.1) is 11.3 Å². The first-order valence-corrected chi connectivity index (χ1v) is 9.56. The summed E-state index contributed by atoms with van der Waals surface area (Å²) in [7, 11) is 0. The molecule has 0 radical (unpaired) electrons. The molecule has 0 spiro atoms. The molecular weight excluding hydrogens is 324 g/mol. The van der Waals surface area contributed by atoms with Gasteiger partial charge in [0.25, 0.3) is 0 Å². The smallest absolute Gasteiger partial charge is 0.321 e. The van der Waals surface area contributed by atoms with E-state index in [-0.39, 0.29) is 11.9 Å². The van der Waals surface area contributed by atoms with Crippen molar-refractivity contribution in [3.05, 3.63) is 10.6 Å². The maximum Gasteiger partial charge on any atom is 0.321 e. The lowest BCUT2D eigenvalue weighted by Gasteiger charge is -2.39. The molecule has 0 aromatic carbocycles. The van der Waals surface area contributed by atoms with Crippen LogP contribution in [0.5, 0.6) is 0 Å². The highest BCUT2D eigenvalue weighted by Crippen LogP contribution is 2.30. The van der Waals surface area contributed by atoms with Gasteiger partial charge in [0.1, 0.15) is 5.54 Å². The molecule has 2 N–H and O–H groups in total. The number of thiazole rings is 1. The van der Waals surface area contributed by atoms with Gasteiger partial charge < -0.3 is 10.2 Å². The van der Waals surface area contributed by atoms with Crippen molar-refractivity contribution in [2.24, 2.45) is 0 Å². The molecular formula is C17H28N4O2S. The summed E-state index contributed by atoms with van der Waals surface area (Å²) in [6.45, 7) is 9.15. The number of rotatable bonds is 5. The number of hydrogen-bond donors (Lipinski definition) is 2. The number of hydrogen-bond acceptors (Lipinski definition) is 4. The van der Waals surface area contributed by atoms with E-state index in [9.17, 15) is 9.59 Å². The van der Waals surface area contributed by atoms with Crippen LogP contribution in [0.15, 0.2) is 0 Å². The fourth-order valence-corrected chi connectivity index (χ4v) is 4.04. The lowest BCUT2D eigenvalue weighted by Crippen LogP contribution is -2.61. The number of amides is 3. The number of nitrogens with zero attached hydrogens (tertiary/aromatic N) is 2. The van der Waals surface area contributed by atoms with E-state index in [4.69, 9.17) is 0 Å². The largest absolute Gasteiger partial charge is 0.341 e. The van der Waals surface area contributed by atoms with Crippen LogP contribution >= 0.6 is 11.3 Å².